The minimum absolute atomic E-state index is 0.150. The fraction of sp³-hybridized carbons (Fsp3) is 0.0854. The van der Waals surface area contributed by atoms with E-state index in [2.05, 4.69) is 47.4 Å². The molecule has 0 spiro atoms. The third-order valence-electron chi connectivity index (χ3n) is 17.4. The Kier molecular flexibility index (Phi) is 19.7. The number of hydrogen-bond acceptors (Lipinski definition) is 10. The normalized spacial score (nSPS) is 12.0. The second-order valence-electron chi connectivity index (χ2n) is 24.0. The number of carbonyl (C=O) groups is 2. The maximum absolute atomic E-state index is 13.6. The molecule has 0 unspecified atom stereocenters. The molecule has 15 rings (SSSR count). The Hall–Kier alpha value is -12.1. The highest BCUT2D eigenvalue weighted by Crippen LogP contribution is 2.32. The molecule has 0 saturated heterocycles. The average molecular weight is 1390 g/mol. The van der Waals surface area contributed by atoms with Crippen LogP contribution in [0, 0.1) is 6.92 Å². The molecule has 0 aliphatic rings. The van der Waals surface area contributed by atoms with Gasteiger partial charge in [0.1, 0.15) is 5.69 Å². The van der Waals surface area contributed by atoms with Gasteiger partial charge >= 0.3 is 0 Å². The SMILES string of the molecule is C=C(N[C@@H](C)c1cc2cccc(Cl)c2c(=O)n1-c1ccccc1)c1cccc2[nH]cnc12.C[C@H](NC(=O)c1cccc2cccnc12)c1cc2cccc(Cl)c2c(=O)n1-c1ccccc1.Cc1ncc(-c2ccccc2)nc1C(=O)N[C@@H](C)c1cc2cccc(Cl)c2c(=O)n1-c1ccccc1. The highest BCUT2D eigenvalue weighted by atomic mass is 35.5. The van der Waals surface area contributed by atoms with E-state index in [1.165, 1.54) is 0 Å². The van der Waals surface area contributed by atoms with E-state index in [1.54, 1.807) is 69.7 Å². The summed E-state index contributed by atoms with van der Waals surface area (Å²) in [6.07, 6.45) is 5.00. The third-order valence-corrected chi connectivity index (χ3v) is 18.4. The predicted molar refractivity (Wildman–Crippen MR) is 406 cm³/mol. The lowest BCUT2D eigenvalue weighted by molar-refractivity contribution is 0.0927. The van der Waals surface area contributed by atoms with Crippen LogP contribution in [0.3, 0.4) is 0 Å². The lowest BCUT2D eigenvalue weighted by Crippen LogP contribution is -2.33. The van der Waals surface area contributed by atoms with Crippen molar-refractivity contribution in [2.24, 2.45) is 0 Å². The number of imidazole rings is 1. The van der Waals surface area contributed by atoms with Gasteiger partial charge in [0, 0.05) is 62.6 Å². The Morgan fingerprint density at radius 2 is 0.861 bits per heavy atom. The Bertz CT molecular complexity index is 5850. The Morgan fingerprint density at radius 1 is 0.446 bits per heavy atom. The number of rotatable bonds is 14. The molecule has 9 aromatic carbocycles. The fourth-order valence-corrected chi connectivity index (χ4v) is 13.3. The number of halogens is 3. The van der Waals surface area contributed by atoms with Gasteiger partial charge in [-0.2, -0.15) is 0 Å². The highest BCUT2D eigenvalue weighted by molar-refractivity contribution is 6.36. The molecule has 0 aliphatic heterocycles. The number of carbonyl (C=O) groups excluding carboxylic acids is 2. The Balaban J connectivity index is 0.000000136. The number of benzene rings is 9. The summed E-state index contributed by atoms with van der Waals surface area (Å²) >= 11 is 19.2. The van der Waals surface area contributed by atoms with Gasteiger partial charge in [0.05, 0.1) is 95.4 Å². The first-order valence-corrected chi connectivity index (χ1v) is 33.6. The number of para-hydroxylation sites is 5. The first kappa shape index (κ1) is 67.5. The molecule has 3 atom stereocenters. The van der Waals surface area contributed by atoms with Crippen molar-refractivity contribution in [3.8, 4) is 28.3 Å². The van der Waals surface area contributed by atoms with Gasteiger partial charge < -0.3 is 20.9 Å². The molecule has 6 heterocycles. The Morgan fingerprint density at radius 3 is 1.36 bits per heavy atom. The van der Waals surface area contributed by atoms with E-state index in [0.717, 1.165) is 55.4 Å². The average Bonchev–Trinajstić information content (AvgIpc) is 1.26. The molecule has 19 heteroatoms. The molecule has 0 fully saturated rings. The largest absolute Gasteiger partial charge is 0.377 e. The van der Waals surface area contributed by atoms with Crippen molar-refractivity contribution in [3.63, 3.8) is 0 Å². The van der Waals surface area contributed by atoms with Crippen LogP contribution >= 0.6 is 34.8 Å². The molecule has 0 saturated carbocycles. The van der Waals surface area contributed by atoms with E-state index in [-0.39, 0.29) is 40.2 Å². The van der Waals surface area contributed by atoms with Crippen molar-refractivity contribution in [2.45, 2.75) is 45.8 Å². The van der Waals surface area contributed by atoms with Crippen LogP contribution in [0.5, 0.6) is 0 Å². The molecule has 2 amide bonds. The van der Waals surface area contributed by atoms with Gasteiger partial charge in [-0.3, -0.25) is 47.6 Å². The summed E-state index contributed by atoms with van der Waals surface area (Å²) < 4.78 is 4.92. The second-order valence-corrected chi connectivity index (χ2v) is 25.2. The maximum atomic E-state index is 13.6. The maximum Gasteiger partial charge on any atom is 0.272 e. The number of aromatic amines is 1. The number of nitrogens with zero attached hydrogens (tertiary/aromatic N) is 7. The summed E-state index contributed by atoms with van der Waals surface area (Å²) in [7, 11) is 0. The van der Waals surface area contributed by atoms with Crippen molar-refractivity contribution < 1.29 is 9.59 Å². The van der Waals surface area contributed by atoms with E-state index in [0.29, 0.717) is 81.8 Å². The van der Waals surface area contributed by atoms with Gasteiger partial charge in [0.25, 0.3) is 28.5 Å². The van der Waals surface area contributed by atoms with Crippen molar-refractivity contribution in [3.05, 3.63) is 354 Å². The lowest BCUT2D eigenvalue weighted by atomic mass is 10.1. The van der Waals surface area contributed by atoms with Crippen LogP contribution < -0.4 is 32.6 Å². The van der Waals surface area contributed by atoms with E-state index < -0.39 is 12.1 Å². The molecule has 0 radical (unpaired) electrons. The zero-order valence-electron chi connectivity index (χ0n) is 55.1. The summed E-state index contributed by atoms with van der Waals surface area (Å²) in [5.74, 6) is -0.631. The van der Waals surface area contributed by atoms with Gasteiger partial charge in [-0.15, -0.1) is 0 Å². The van der Waals surface area contributed by atoms with Crippen LogP contribution in [0.1, 0.15) is 88.1 Å². The van der Waals surface area contributed by atoms with E-state index in [1.807, 2.05) is 233 Å². The first-order chi connectivity index (χ1) is 49.0. The quantitative estimate of drug-likeness (QED) is 0.0811. The molecular formula is C82H64Cl3N11O5. The summed E-state index contributed by atoms with van der Waals surface area (Å²) in [4.78, 5) is 88.3. The van der Waals surface area contributed by atoms with Crippen LogP contribution in [0.15, 0.2) is 282 Å². The first-order valence-electron chi connectivity index (χ1n) is 32.4. The summed E-state index contributed by atoms with van der Waals surface area (Å²) in [6.45, 7) is 11.7. The summed E-state index contributed by atoms with van der Waals surface area (Å²) in [5, 5.41) is 15.3. The number of H-pyrrole nitrogens is 1. The predicted octanol–water partition coefficient (Wildman–Crippen LogP) is 17.4. The molecule has 15 aromatic rings. The number of aryl methyl sites for hydroxylation is 1. The highest BCUT2D eigenvalue weighted by Gasteiger charge is 2.25. The van der Waals surface area contributed by atoms with Crippen molar-refractivity contribution in [1.29, 1.82) is 0 Å². The topological polar surface area (TPSA) is 204 Å². The van der Waals surface area contributed by atoms with Gasteiger partial charge in [-0.1, -0.05) is 193 Å². The number of nitrogens with one attached hydrogen (secondary N) is 4. The molecule has 498 valence electrons. The van der Waals surface area contributed by atoms with Gasteiger partial charge in [-0.25, -0.2) is 9.97 Å². The number of amides is 2. The van der Waals surface area contributed by atoms with Crippen molar-refractivity contribution >= 4 is 107 Å². The molecule has 101 heavy (non-hydrogen) atoms. The zero-order valence-corrected chi connectivity index (χ0v) is 57.3. The van der Waals surface area contributed by atoms with Crippen LogP contribution in [0.25, 0.3) is 88.3 Å². The summed E-state index contributed by atoms with van der Waals surface area (Å²) in [6, 6.07) is 73.8. The van der Waals surface area contributed by atoms with Crippen LogP contribution in [0.2, 0.25) is 15.1 Å². The minimum Gasteiger partial charge on any atom is -0.377 e. The monoisotopic (exact) mass is 1390 g/mol. The smallest absolute Gasteiger partial charge is 0.272 e. The number of pyridine rings is 4. The standard InChI is InChI=1S/C29H23ClN4O2.C27H20ClN3O2.C26H21ClN4O/c1-18(32-28(35)27-19(2)31-17-24(33-27)20-10-5-3-6-11-20)25-16-21-12-9-15-23(30)26(21)29(36)34(25)22-13-7-4-8-14-22;1-17(30-26(32)21-13-5-8-18-10-7-15-29-25(18)21)23-16-19-9-6-14-22(28)24(19)27(33)31(23)20-11-3-2-4-12-20;1-16(20-11-7-13-22-25(20)29-15-28-22)30-17(2)23-14-18-8-6-12-21(27)24(18)26(32)31(23)19-9-4-3-5-10-19/h3-18H,1-2H3,(H,32,35);2-17H,1H3,(H,30,32);3-15,17,30H,1H2,2H3,(H,28,29)/t18-;2*17-/m000/s1. The van der Waals surface area contributed by atoms with E-state index in [9.17, 15) is 24.0 Å². The number of aromatic nitrogens is 8. The molecular weight excluding hydrogens is 1330 g/mol. The van der Waals surface area contributed by atoms with Crippen LogP contribution in [-0.4, -0.2) is 50.4 Å². The summed E-state index contributed by atoms with van der Waals surface area (Å²) in [5.41, 5.74) is 10.4. The minimum atomic E-state index is -0.518. The molecule has 16 nitrogen and oxygen atoms in total. The zero-order chi connectivity index (χ0) is 70.4. The number of fused-ring (bicyclic) bond motifs is 5. The van der Waals surface area contributed by atoms with Gasteiger partial charge in [-0.05, 0) is 135 Å². The lowest BCUT2D eigenvalue weighted by Gasteiger charge is -2.23. The molecule has 0 aliphatic carbocycles. The van der Waals surface area contributed by atoms with E-state index >= 15 is 0 Å². The molecule has 4 N–H and O–H groups in total. The van der Waals surface area contributed by atoms with E-state index in [4.69, 9.17) is 34.8 Å². The molecule has 0 bridgehead atoms. The van der Waals surface area contributed by atoms with Gasteiger partial charge in [0.2, 0.25) is 0 Å². The number of hydrogen-bond donors (Lipinski definition) is 4. The van der Waals surface area contributed by atoms with Crippen molar-refractivity contribution in [2.75, 3.05) is 0 Å². The van der Waals surface area contributed by atoms with Crippen molar-refractivity contribution in [1.82, 2.24) is 54.6 Å². The fourth-order valence-electron chi connectivity index (χ4n) is 12.5. The molecule has 6 aromatic heterocycles. The Labute approximate surface area is 594 Å². The van der Waals surface area contributed by atoms with Gasteiger partial charge in [0.15, 0.2) is 0 Å². The second kappa shape index (κ2) is 29.6. The van der Waals surface area contributed by atoms with Crippen LogP contribution in [-0.2, 0) is 0 Å². The third kappa shape index (κ3) is 13.9. The van der Waals surface area contributed by atoms with Crippen LogP contribution in [0.4, 0.5) is 0 Å².